The van der Waals surface area contributed by atoms with E-state index in [1.807, 2.05) is 0 Å². The van der Waals surface area contributed by atoms with Gasteiger partial charge >= 0.3 is 0 Å². The predicted molar refractivity (Wildman–Crippen MR) is 216 cm³/mol. The molecule has 7 atom stereocenters. The molecular formula is C44H66O5Si2. The third-order valence-corrected chi connectivity index (χ3v) is 21.6. The Morgan fingerprint density at radius 1 is 0.765 bits per heavy atom. The fourth-order valence-corrected chi connectivity index (χ4v) is 16.1. The molecule has 3 aromatic carbocycles. The van der Waals surface area contributed by atoms with Gasteiger partial charge in [-0.15, -0.1) is 0 Å². The summed E-state index contributed by atoms with van der Waals surface area (Å²) in [5.41, 5.74) is 1.22. The number of ether oxygens (including phenoxy) is 3. The molecule has 0 radical (unpaired) electrons. The van der Waals surface area contributed by atoms with Crippen LogP contribution in [-0.2, 0) is 29.7 Å². The monoisotopic (exact) mass is 730 g/mol. The summed E-state index contributed by atoms with van der Waals surface area (Å²) in [4.78, 5) is 0. The molecule has 0 bridgehead atoms. The lowest BCUT2D eigenvalue weighted by Crippen LogP contribution is -2.67. The molecule has 2 heterocycles. The first-order valence-corrected chi connectivity index (χ1v) is 24.4. The average Bonchev–Trinajstić information content (AvgIpc) is 3.80. The molecule has 5 nitrogen and oxygen atoms in total. The second kappa shape index (κ2) is 18.3. The van der Waals surface area contributed by atoms with Crippen molar-refractivity contribution in [3.63, 3.8) is 0 Å². The van der Waals surface area contributed by atoms with Gasteiger partial charge in [0.1, 0.15) is 6.10 Å². The summed E-state index contributed by atoms with van der Waals surface area (Å²) in [6, 6.07) is 35.8. The third-order valence-electron chi connectivity index (χ3n) is 12.0. The van der Waals surface area contributed by atoms with Gasteiger partial charge in [0.25, 0.3) is 8.32 Å². The van der Waals surface area contributed by atoms with Gasteiger partial charge in [-0.3, -0.25) is 0 Å². The minimum absolute atomic E-state index is 0.0416. The Morgan fingerprint density at radius 3 is 1.88 bits per heavy atom. The Labute approximate surface area is 312 Å². The van der Waals surface area contributed by atoms with E-state index in [9.17, 15) is 0 Å². The predicted octanol–water partition coefficient (Wildman–Crippen LogP) is 9.54. The topological polar surface area (TPSA) is 49.5 Å². The molecule has 51 heavy (non-hydrogen) atoms. The highest BCUT2D eigenvalue weighted by Gasteiger charge is 2.54. The van der Waals surface area contributed by atoms with Crippen LogP contribution in [0.15, 0.2) is 91.0 Å². The molecule has 5 rings (SSSR count). The average molecular weight is 731 g/mol. The summed E-state index contributed by atoms with van der Waals surface area (Å²) < 4.78 is 33.9. The van der Waals surface area contributed by atoms with E-state index < -0.39 is 16.6 Å². The summed E-state index contributed by atoms with van der Waals surface area (Å²) in [5, 5.41) is 2.61. The van der Waals surface area contributed by atoms with E-state index in [0.717, 1.165) is 50.4 Å². The SMILES string of the molecule is CC[Si](CC)(CC)O[C@H](CCCOCc1ccccc1)[C@@H](C)[C@@H]1O[C@@H]1[C@@H]1CC[C@H]([C@@H](C)CO[Si](c2ccccc2)(c2ccccc2)C(C)(C)C)O1. The molecule has 0 N–H and O–H groups in total. The Hall–Kier alpha value is -2.11. The highest BCUT2D eigenvalue weighted by atomic mass is 28.4. The Kier molecular flexibility index (Phi) is 14.4. The molecule has 2 fully saturated rings. The molecule has 280 valence electrons. The summed E-state index contributed by atoms with van der Waals surface area (Å²) in [5.74, 6) is 0.600. The number of hydrogen-bond donors (Lipinski definition) is 0. The van der Waals surface area contributed by atoms with E-state index in [1.165, 1.54) is 15.9 Å². The molecule has 0 aromatic heterocycles. The first-order valence-electron chi connectivity index (χ1n) is 19.9. The summed E-state index contributed by atoms with van der Waals surface area (Å²) in [7, 11) is -4.38. The van der Waals surface area contributed by atoms with Crippen LogP contribution in [-0.4, -0.2) is 60.4 Å². The summed E-state index contributed by atoms with van der Waals surface area (Å²) >= 11 is 0. The first-order chi connectivity index (χ1) is 24.6. The van der Waals surface area contributed by atoms with Gasteiger partial charge < -0.3 is 23.1 Å². The second-order valence-electron chi connectivity index (χ2n) is 16.2. The van der Waals surface area contributed by atoms with Gasteiger partial charge in [-0.25, -0.2) is 0 Å². The van der Waals surface area contributed by atoms with E-state index >= 15 is 0 Å². The van der Waals surface area contributed by atoms with Crippen molar-refractivity contribution in [1.29, 1.82) is 0 Å². The first kappa shape index (κ1) is 40.1. The van der Waals surface area contributed by atoms with Gasteiger partial charge in [0.05, 0.1) is 31.0 Å². The van der Waals surface area contributed by atoms with E-state index in [-0.39, 0.29) is 41.5 Å². The largest absolute Gasteiger partial charge is 0.414 e. The zero-order chi connectivity index (χ0) is 36.5. The Morgan fingerprint density at radius 2 is 1.33 bits per heavy atom. The zero-order valence-electron chi connectivity index (χ0n) is 32.8. The van der Waals surface area contributed by atoms with Crippen LogP contribution < -0.4 is 10.4 Å². The van der Waals surface area contributed by atoms with Crippen molar-refractivity contribution < 1.29 is 23.1 Å². The van der Waals surface area contributed by atoms with Crippen molar-refractivity contribution >= 4 is 27.0 Å². The van der Waals surface area contributed by atoms with Crippen molar-refractivity contribution in [3.8, 4) is 0 Å². The van der Waals surface area contributed by atoms with Crippen molar-refractivity contribution in [2.24, 2.45) is 11.8 Å². The normalized spacial score (nSPS) is 22.8. The van der Waals surface area contributed by atoms with E-state index in [0.29, 0.717) is 19.1 Å². The summed E-state index contributed by atoms with van der Waals surface area (Å²) in [6.07, 6.45) is 4.91. The van der Waals surface area contributed by atoms with Gasteiger partial charge in [-0.05, 0) is 64.8 Å². The van der Waals surface area contributed by atoms with Crippen molar-refractivity contribution in [2.75, 3.05) is 13.2 Å². The molecule has 2 aliphatic rings. The van der Waals surface area contributed by atoms with Crippen LogP contribution in [0.25, 0.3) is 0 Å². The van der Waals surface area contributed by atoms with E-state index in [4.69, 9.17) is 23.1 Å². The third kappa shape index (κ3) is 9.72. The van der Waals surface area contributed by atoms with Crippen LogP contribution in [0.1, 0.15) is 86.6 Å². The molecular weight excluding hydrogens is 665 g/mol. The highest BCUT2D eigenvalue weighted by molar-refractivity contribution is 6.99. The highest BCUT2D eigenvalue weighted by Crippen LogP contribution is 2.43. The van der Waals surface area contributed by atoms with Gasteiger partial charge in [0, 0.05) is 25.0 Å². The molecule has 0 aliphatic carbocycles. The van der Waals surface area contributed by atoms with E-state index in [1.54, 1.807) is 0 Å². The number of benzene rings is 3. The Bertz CT molecular complexity index is 1380. The Balaban J connectivity index is 1.19. The van der Waals surface area contributed by atoms with Gasteiger partial charge in [0.2, 0.25) is 0 Å². The lowest BCUT2D eigenvalue weighted by atomic mass is 9.93. The second-order valence-corrected chi connectivity index (χ2v) is 25.3. The van der Waals surface area contributed by atoms with Gasteiger partial charge in [-0.2, -0.15) is 0 Å². The summed E-state index contributed by atoms with van der Waals surface area (Å²) in [6.45, 7) is 20.8. The van der Waals surface area contributed by atoms with Crippen LogP contribution in [0.5, 0.6) is 0 Å². The maximum Gasteiger partial charge on any atom is 0.261 e. The molecule has 3 aromatic rings. The van der Waals surface area contributed by atoms with Crippen LogP contribution in [0.4, 0.5) is 0 Å². The minimum Gasteiger partial charge on any atom is -0.414 e. The smallest absolute Gasteiger partial charge is 0.261 e. The molecule has 2 saturated heterocycles. The van der Waals surface area contributed by atoms with E-state index in [2.05, 4.69) is 146 Å². The van der Waals surface area contributed by atoms with Gasteiger partial charge in [-0.1, -0.05) is 146 Å². The molecule has 0 spiro atoms. The van der Waals surface area contributed by atoms with Gasteiger partial charge in [0.15, 0.2) is 8.32 Å². The molecule has 2 aliphatic heterocycles. The molecule has 7 heteroatoms. The van der Waals surface area contributed by atoms with Crippen LogP contribution in [0, 0.1) is 11.8 Å². The van der Waals surface area contributed by atoms with Crippen molar-refractivity contribution in [2.45, 2.75) is 141 Å². The molecule has 0 unspecified atom stereocenters. The quantitative estimate of drug-likeness (QED) is 0.0659. The standard InChI is InChI=1S/C44H66O5Si2/c1-9-50(10-2,11-3)49-40(28-21-31-45-33-36-22-15-12-16-23-36)35(5)42-43(48-42)41-30-29-39(47-41)34(4)32-46-51(44(6,7)8,37-24-17-13-18-25-37)38-26-19-14-20-27-38/h12-20,22-27,34-35,39-43H,9-11,21,28-33H2,1-8H3/t34-,35+,39+,40+,41-,42-,43+/m0/s1. The van der Waals surface area contributed by atoms with Crippen LogP contribution >= 0.6 is 0 Å². The van der Waals surface area contributed by atoms with Crippen LogP contribution in [0.3, 0.4) is 0 Å². The maximum absolute atomic E-state index is 7.31. The fraction of sp³-hybridized carbons (Fsp3) is 0.591. The van der Waals surface area contributed by atoms with Crippen LogP contribution in [0.2, 0.25) is 23.2 Å². The lowest BCUT2D eigenvalue weighted by Gasteiger charge is -2.43. The van der Waals surface area contributed by atoms with Crippen molar-refractivity contribution in [1.82, 2.24) is 0 Å². The number of rotatable bonds is 20. The molecule has 0 amide bonds. The maximum atomic E-state index is 7.31. The van der Waals surface area contributed by atoms with Crippen molar-refractivity contribution in [3.05, 3.63) is 96.6 Å². The molecule has 0 saturated carbocycles. The number of hydrogen-bond acceptors (Lipinski definition) is 5. The number of epoxide rings is 1. The zero-order valence-corrected chi connectivity index (χ0v) is 34.8. The minimum atomic E-state index is -2.59. The fourth-order valence-electron chi connectivity index (χ4n) is 8.45. The lowest BCUT2D eigenvalue weighted by molar-refractivity contribution is -0.00877.